The molecule has 94 valence electrons. The molecule has 4 heteroatoms. The van der Waals surface area contributed by atoms with Gasteiger partial charge in [0, 0.05) is 13.1 Å². The molecule has 0 aromatic heterocycles. The van der Waals surface area contributed by atoms with Gasteiger partial charge in [-0.05, 0) is 19.3 Å². The molecule has 0 aromatic carbocycles. The van der Waals surface area contributed by atoms with Crippen molar-refractivity contribution < 1.29 is 14.7 Å². The van der Waals surface area contributed by atoms with E-state index in [4.69, 9.17) is 6.42 Å². The van der Waals surface area contributed by atoms with Gasteiger partial charge < -0.3 is 10.0 Å². The van der Waals surface area contributed by atoms with Gasteiger partial charge in [0.15, 0.2) is 0 Å². The first-order valence-corrected chi connectivity index (χ1v) is 6.00. The number of hydrogen-bond acceptors (Lipinski definition) is 2. The van der Waals surface area contributed by atoms with Crippen molar-refractivity contribution in [1.82, 2.24) is 4.90 Å². The number of carboxylic acids is 1. The zero-order valence-electron chi connectivity index (χ0n) is 10.2. The molecule has 1 aliphatic rings. The van der Waals surface area contributed by atoms with Crippen LogP contribution in [0, 0.1) is 17.8 Å². The van der Waals surface area contributed by atoms with Crippen LogP contribution in [0.4, 0.5) is 0 Å². The van der Waals surface area contributed by atoms with Crippen LogP contribution in [0.1, 0.15) is 39.0 Å². The van der Waals surface area contributed by atoms with Gasteiger partial charge in [-0.25, -0.2) is 0 Å². The Balaban J connectivity index is 2.62. The summed E-state index contributed by atoms with van der Waals surface area (Å²) >= 11 is 0. The number of aliphatic carboxylic acids is 1. The van der Waals surface area contributed by atoms with Gasteiger partial charge >= 0.3 is 5.97 Å². The number of likely N-dealkylation sites (tertiary alicyclic amines) is 1. The van der Waals surface area contributed by atoms with E-state index in [1.54, 1.807) is 4.90 Å². The van der Waals surface area contributed by atoms with Gasteiger partial charge in [0.25, 0.3) is 0 Å². The summed E-state index contributed by atoms with van der Waals surface area (Å²) in [4.78, 5) is 24.6. The SMILES string of the molecule is C#CCC(=O)N1CCC(CCC)(C(=O)O)CC1. The topological polar surface area (TPSA) is 57.6 Å². The van der Waals surface area contributed by atoms with Crippen molar-refractivity contribution >= 4 is 11.9 Å². The van der Waals surface area contributed by atoms with Crippen LogP contribution < -0.4 is 0 Å². The molecule has 0 atom stereocenters. The fraction of sp³-hybridized carbons (Fsp3) is 0.692. The first-order chi connectivity index (χ1) is 8.05. The van der Waals surface area contributed by atoms with E-state index in [9.17, 15) is 14.7 Å². The molecule has 1 rings (SSSR count). The maximum atomic E-state index is 11.6. The molecular weight excluding hydrogens is 218 g/mol. The van der Waals surface area contributed by atoms with Crippen molar-refractivity contribution in [3.05, 3.63) is 0 Å². The maximum absolute atomic E-state index is 11.6. The molecule has 1 amide bonds. The highest BCUT2D eigenvalue weighted by Crippen LogP contribution is 2.36. The van der Waals surface area contributed by atoms with E-state index >= 15 is 0 Å². The van der Waals surface area contributed by atoms with Gasteiger partial charge in [-0.3, -0.25) is 9.59 Å². The minimum absolute atomic E-state index is 0.0667. The highest BCUT2D eigenvalue weighted by molar-refractivity contribution is 5.79. The second-order valence-corrected chi connectivity index (χ2v) is 4.60. The van der Waals surface area contributed by atoms with E-state index in [0.717, 1.165) is 6.42 Å². The normalized spacial score (nSPS) is 18.5. The van der Waals surface area contributed by atoms with Gasteiger partial charge in [-0.1, -0.05) is 19.3 Å². The molecule has 0 unspecified atom stereocenters. The Morgan fingerprint density at radius 3 is 2.41 bits per heavy atom. The number of carboxylic acid groups (broad SMARTS) is 1. The summed E-state index contributed by atoms with van der Waals surface area (Å²) in [5, 5.41) is 9.31. The lowest BCUT2D eigenvalue weighted by Crippen LogP contribution is -2.46. The van der Waals surface area contributed by atoms with E-state index in [1.807, 2.05) is 6.92 Å². The van der Waals surface area contributed by atoms with Crippen LogP contribution >= 0.6 is 0 Å². The molecule has 0 aromatic rings. The summed E-state index contributed by atoms with van der Waals surface area (Å²) in [5.74, 6) is 1.53. The van der Waals surface area contributed by atoms with Crippen molar-refractivity contribution in [3.63, 3.8) is 0 Å². The fourth-order valence-corrected chi connectivity index (χ4v) is 2.43. The predicted octanol–water partition coefficient (Wildman–Crippen LogP) is 1.50. The molecule has 0 saturated carbocycles. The third-order valence-corrected chi connectivity index (χ3v) is 3.51. The van der Waals surface area contributed by atoms with Gasteiger partial charge in [-0.2, -0.15) is 0 Å². The summed E-state index contributed by atoms with van der Waals surface area (Å²) in [5.41, 5.74) is -0.637. The van der Waals surface area contributed by atoms with E-state index in [2.05, 4.69) is 5.92 Å². The first kappa shape index (κ1) is 13.6. The first-order valence-electron chi connectivity index (χ1n) is 6.00. The molecule has 1 heterocycles. The molecule has 0 bridgehead atoms. The van der Waals surface area contributed by atoms with Gasteiger partial charge in [0.05, 0.1) is 11.8 Å². The van der Waals surface area contributed by atoms with Gasteiger partial charge in [0.2, 0.25) is 5.91 Å². The van der Waals surface area contributed by atoms with Gasteiger partial charge in [0.1, 0.15) is 0 Å². The van der Waals surface area contributed by atoms with Crippen LogP contribution in [0.15, 0.2) is 0 Å². The Morgan fingerprint density at radius 1 is 1.41 bits per heavy atom. The minimum atomic E-state index is -0.733. The van der Waals surface area contributed by atoms with Crippen molar-refractivity contribution in [1.29, 1.82) is 0 Å². The fourth-order valence-electron chi connectivity index (χ4n) is 2.43. The number of carbonyl (C=O) groups is 2. The number of amides is 1. The summed E-state index contributed by atoms with van der Waals surface area (Å²) in [6, 6.07) is 0. The van der Waals surface area contributed by atoms with Crippen LogP contribution in [0.5, 0.6) is 0 Å². The Bertz CT molecular complexity index is 335. The Morgan fingerprint density at radius 2 is 2.00 bits per heavy atom. The van der Waals surface area contributed by atoms with Crippen molar-refractivity contribution in [2.24, 2.45) is 5.41 Å². The number of carbonyl (C=O) groups excluding carboxylic acids is 1. The Kier molecular flexibility index (Phi) is 4.56. The van der Waals surface area contributed by atoms with Crippen LogP contribution in [-0.2, 0) is 9.59 Å². The average molecular weight is 237 g/mol. The lowest BCUT2D eigenvalue weighted by atomic mass is 9.75. The predicted molar refractivity (Wildman–Crippen MR) is 64.2 cm³/mol. The number of piperidine rings is 1. The third-order valence-electron chi connectivity index (χ3n) is 3.51. The van der Waals surface area contributed by atoms with Crippen LogP contribution in [0.3, 0.4) is 0 Å². The maximum Gasteiger partial charge on any atom is 0.309 e. The molecule has 0 spiro atoms. The zero-order valence-corrected chi connectivity index (χ0v) is 10.2. The van der Waals surface area contributed by atoms with Crippen molar-refractivity contribution in [2.45, 2.75) is 39.0 Å². The Hall–Kier alpha value is -1.50. The summed E-state index contributed by atoms with van der Waals surface area (Å²) in [6.45, 7) is 3.00. The van der Waals surface area contributed by atoms with Crippen molar-refractivity contribution in [2.75, 3.05) is 13.1 Å². The van der Waals surface area contributed by atoms with E-state index < -0.39 is 11.4 Å². The molecular formula is C13H19NO3. The van der Waals surface area contributed by atoms with E-state index in [0.29, 0.717) is 32.4 Å². The highest BCUT2D eigenvalue weighted by atomic mass is 16.4. The second-order valence-electron chi connectivity index (χ2n) is 4.60. The number of terminal acetylenes is 1. The molecule has 0 aliphatic carbocycles. The molecule has 0 radical (unpaired) electrons. The smallest absolute Gasteiger partial charge is 0.309 e. The summed E-state index contributed by atoms with van der Waals surface area (Å²) in [7, 11) is 0. The van der Waals surface area contributed by atoms with Crippen LogP contribution in [0.2, 0.25) is 0 Å². The lowest BCUT2D eigenvalue weighted by Gasteiger charge is -2.38. The highest BCUT2D eigenvalue weighted by Gasteiger charge is 2.41. The number of nitrogens with zero attached hydrogens (tertiary/aromatic N) is 1. The molecule has 1 fully saturated rings. The quantitative estimate of drug-likeness (QED) is 0.754. The van der Waals surface area contributed by atoms with Crippen LogP contribution in [-0.4, -0.2) is 35.0 Å². The van der Waals surface area contributed by atoms with Crippen molar-refractivity contribution in [3.8, 4) is 12.3 Å². The standard InChI is InChI=1S/C13H19NO3/c1-3-5-11(15)14-9-7-13(6-4-2,8-10-14)12(16)17/h1H,4-10H2,2H3,(H,16,17). The number of hydrogen-bond donors (Lipinski definition) is 1. The van der Waals surface area contributed by atoms with Crippen LogP contribution in [0.25, 0.3) is 0 Å². The Labute approximate surface area is 102 Å². The van der Waals surface area contributed by atoms with Gasteiger partial charge in [-0.15, -0.1) is 6.42 Å². The monoisotopic (exact) mass is 237 g/mol. The largest absolute Gasteiger partial charge is 0.481 e. The average Bonchev–Trinajstić information content (AvgIpc) is 2.30. The molecule has 1 N–H and O–H groups in total. The zero-order chi connectivity index (χ0) is 12.9. The third kappa shape index (κ3) is 3.00. The second kappa shape index (κ2) is 5.72. The van der Waals surface area contributed by atoms with E-state index in [-0.39, 0.29) is 12.3 Å². The number of rotatable bonds is 4. The lowest BCUT2D eigenvalue weighted by molar-refractivity contribution is -0.154. The summed E-state index contributed by atoms with van der Waals surface area (Å²) < 4.78 is 0. The molecule has 1 saturated heterocycles. The molecule has 4 nitrogen and oxygen atoms in total. The molecule has 17 heavy (non-hydrogen) atoms. The minimum Gasteiger partial charge on any atom is -0.481 e. The van der Waals surface area contributed by atoms with E-state index in [1.165, 1.54) is 0 Å². The summed E-state index contributed by atoms with van der Waals surface area (Å²) in [6.07, 6.45) is 7.80. The molecule has 1 aliphatic heterocycles.